The molecule has 6 heteroatoms. The van der Waals surface area contributed by atoms with E-state index in [-0.39, 0.29) is 18.1 Å². The number of rotatable bonds is 4. The van der Waals surface area contributed by atoms with Crippen molar-refractivity contribution in [1.29, 1.82) is 0 Å². The Bertz CT molecular complexity index is 607. The Labute approximate surface area is 132 Å². The van der Waals surface area contributed by atoms with Crippen LogP contribution >= 0.6 is 22.7 Å². The van der Waals surface area contributed by atoms with Gasteiger partial charge in [0.2, 0.25) is 0 Å². The molecular weight excluding hydrogens is 304 g/mol. The summed E-state index contributed by atoms with van der Waals surface area (Å²) in [7, 11) is 0. The Kier molecular flexibility index (Phi) is 4.37. The van der Waals surface area contributed by atoms with Crippen molar-refractivity contribution in [1.82, 2.24) is 9.88 Å². The molecule has 2 aromatic rings. The van der Waals surface area contributed by atoms with Crippen LogP contribution in [-0.4, -0.2) is 39.6 Å². The third-order valence-corrected chi connectivity index (χ3v) is 5.72. The lowest BCUT2D eigenvalue weighted by molar-refractivity contribution is 0.0686. The zero-order valence-electron chi connectivity index (χ0n) is 11.9. The maximum Gasteiger partial charge on any atom is 0.265 e. The van der Waals surface area contributed by atoms with Crippen molar-refractivity contribution < 1.29 is 9.90 Å². The lowest BCUT2D eigenvalue weighted by atomic mass is 10.1. The summed E-state index contributed by atoms with van der Waals surface area (Å²) in [6.07, 6.45) is 3.96. The van der Waals surface area contributed by atoms with Gasteiger partial charge in [-0.15, -0.1) is 22.7 Å². The third-order valence-electron chi connectivity index (χ3n) is 3.70. The standard InChI is InChI=1S/C15H18N2O2S2/c1-10(18)8-11-4-2-6-17(11)15(19)13-9-16-14(21-13)12-5-3-7-20-12/h3,5,7,9-11,18H,2,4,6,8H2,1H3. The van der Waals surface area contributed by atoms with E-state index in [2.05, 4.69) is 4.98 Å². The highest BCUT2D eigenvalue weighted by Crippen LogP contribution is 2.31. The van der Waals surface area contributed by atoms with Crippen molar-refractivity contribution in [2.24, 2.45) is 0 Å². The molecule has 2 unspecified atom stereocenters. The first-order valence-electron chi connectivity index (χ1n) is 7.14. The van der Waals surface area contributed by atoms with Crippen LogP contribution in [0.5, 0.6) is 0 Å². The van der Waals surface area contributed by atoms with Gasteiger partial charge in [0.25, 0.3) is 5.91 Å². The predicted octanol–water partition coefficient (Wildman–Crippen LogP) is 3.25. The topological polar surface area (TPSA) is 53.4 Å². The lowest BCUT2D eigenvalue weighted by Gasteiger charge is -2.25. The Morgan fingerprint density at radius 2 is 2.48 bits per heavy atom. The van der Waals surface area contributed by atoms with Crippen molar-refractivity contribution in [3.63, 3.8) is 0 Å². The van der Waals surface area contributed by atoms with Crippen LogP contribution in [0.3, 0.4) is 0 Å². The second-order valence-corrected chi connectivity index (χ2v) is 7.36. The predicted molar refractivity (Wildman–Crippen MR) is 85.8 cm³/mol. The number of thiophene rings is 1. The lowest BCUT2D eigenvalue weighted by Crippen LogP contribution is -2.36. The molecule has 1 fully saturated rings. The summed E-state index contributed by atoms with van der Waals surface area (Å²) in [6, 6.07) is 4.16. The number of carbonyl (C=O) groups is 1. The van der Waals surface area contributed by atoms with Gasteiger partial charge in [-0.25, -0.2) is 4.98 Å². The first-order valence-corrected chi connectivity index (χ1v) is 8.83. The van der Waals surface area contributed by atoms with Crippen molar-refractivity contribution in [3.8, 4) is 9.88 Å². The molecule has 0 radical (unpaired) electrons. The highest BCUT2D eigenvalue weighted by molar-refractivity contribution is 7.21. The van der Waals surface area contributed by atoms with Gasteiger partial charge in [0.1, 0.15) is 9.88 Å². The highest BCUT2D eigenvalue weighted by atomic mass is 32.1. The SMILES string of the molecule is CC(O)CC1CCCN1C(=O)c1cnc(-c2cccs2)s1. The molecule has 0 bridgehead atoms. The largest absolute Gasteiger partial charge is 0.393 e. The van der Waals surface area contributed by atoms with Crippen molar-refractivity contribution >= 4 is 28.6 Å². The van der Waals surface area contributed by atoms with Gasteiger partial charge in [-0.2, -0.15) is 0 Å². The fourth-order valence-corrected chi connectivity index (χ4v) is 4.45. The van der Waals surface area contributed by atoms with Crippen molar-refractivity contribution in [3.05, 3.63) is 28.6 Å². The molecule has 1 N–H and O–H groups in total. The van der Waals surface area contributed by atoms with Crippen molar-refractivity contribution in [2.45, 2.75) is 38.3 Å². The van der Waals surface area contributed by atoms with Gasteiger partial charge in [-0.1, -0.05) is 6.07 Å². The summed E-state index contributed by atoms with van der Waals surface area (Å²) in [5, 5.41) is 12.5. The first-order chi connectivity index (χ1) is 10.1. The third kappa shape index (κ3) is 3.17. The van der Waals surface area contributed by atoms with Crippen LogP contribution in [0, 0.1) is 0 Å². The van der Waals surface area contributed by atoms with E-state index < -0.39 is 0 Å². The molecule has 0 saturated carbocycles. The maximum atomic E-state index is 12.6. The van der Waals surface area contributed by atoms with Gasteiger partial charge < -0.3 is 10.0 Å². The molecule has 1 amide bonds. The number of amides is 1. The highest BCUT2D eigenvalue weighted by Gasteiger charge is 2.31. The summed E-state index contributed by atoms with van der Waals surface area (Å²) in [5.41, 5.74) is 0. The second kappa shape index (κ2) is 6.25. The molecular formula is C15H18N2O2S2. The summed E-state index contributed by atoms with van der Waals surface area (Å²) in [4.78, 5) is 20.7. The molecule has 1 aliphatic rings. The molecule has 3 heterocycles. The summed E-state index contributed by atoms with van der Waals surface area (Å²) in [6.45, 7) is 2.56. The van der Waals surface area contributed by atoms with E-state index in [4.69, 9.17) is 0 Å². The zero-order chi connectivity index (χ0) is 14.8. The van der Waals surface area contributed by atoms with Crippen LogP contribution in [0.25, 0.3) is 9.88 Å². The molecule has 2 aromatic heterocycles. The minimum atomic E-state index is -0.369. The smallest absolute Gasteiger partial charge is 0.265 e. The molecule has 2 atom stereocenters. The number of hydrogen-bond donors (Lipinski definition) is 1. The van der Waals surface area contributed by atoms with Gasteiger partial charge in [-0.3, -0.25) is 4.79 Å². The Hall–Kier alpha value is -1.24. The van der Waals surface area contributed by atoms with E-state index in [0.717, 1.165) is 29.3 Å². The average molecular weight is 322 g/mol. The Balaban J connectivity index is 1.76. The normalized spacial score (nSPS) is 19.9. The maximum absolute atomic E-state index is 12.6. The summed E-state index contributed by atoms with van der Waals surface area (Å²) < 4.78 is 0. The number of aromatic nitrogens is 1. The monoisotopic (exact) mass is 322 g/mol. The van der Waals surface area contributed by atoms with Crippen LogP contribution in [0.4, 0.5) is 0 Å². The average Bonchev–Trinajstić information content (AvgIpc) is 3.18. The van der Waals surface area contributed by atoms with E-state index in [9.17, 15) is 9.90 Å². The van der Waals surface area contributed by atoms with Gasteiger partial charge in [0.05, 0.1) is 17.2 Å². The molecule has 3 rings (SSSR count). The van der Waals surface area contributed by atoms with E-state index in [1.165, 1.54) is 11.3 Å². The van der Waals surface area contributed by atoms with Crippen LogP contribution in [0.1, 0.15) is 35.9 Å². The van der Waals surface area contributed by atoms with Crippen LogP contribution in [0.15, 0.2) is 23.7 Å². The molecule has 21 heavy (non-hydrogen) atoms. The molecule has 0 aromatic carbocycles. The fraction of sp³-hybridized carbons (Fsp3) is 0.467. The van der Waals surface area contributed by atoms with E-state index in [1.807, 2.05) is 22.4 Å². The van der Waals surface area contributed by atoms with Gasteiger partial charge in [-0.05, 0) is 37.6 Å². The molecule has 0 spiro atoms. The van der Waals surface area contributed by atoms with Gasteiger partial charge in [0, 0.05) is 12.6 Å². The van der Waals surface area contributed by atoms with Gasteiger partial charge >= 0.3 is 0 Å². The molecule has 1 aliphatic heterocycles. The molecule has 4 nitrogen and oxygen atoms in total. The van der Waals surface area contributed by atoms with E-state index in [0.29, 0.717) is 11.3 Å². The van der Waals surface area contributed by atoms with E-state index >= 15 is 0 Å². The number of hydrogen-bond acceptors (Lipinski definition) is 5. The molecule has 0 aliphatic carbocycles. The number of aliphatic hydroxyl groups excluding tert-OH is 1. The van der Waals surface area contributed by atoms with Gasteiger partial charge in [0.15, 0.2) is 0 Å². The summed E-state index contributed by atoms with van der Waals surface area (Å²) in [5.74, 6) is 0.0541. The zero-order valence-corrected chi connectivity index (χ0v) is 13.5. The minimum absolute atomic E-state index is 0.0541. The second-order valence-electron chi connectivity index (χ2n) is 5.39. The fourth-order valence-electron chi connectivity index (χ4n) is 2.77. The van der Waals surface area contributed by atoms with Crippen LogP contribution in [-0.2, 0) is 0 Å². The van der Waals surface area contributed by atoms with E-state index in [1.54, 1.807) is 24.5 Å². The molecule has 112 valence electrons. The van der Waals surface area contributed by atoms with Crippen LogP contribution < -0.4 is 0 Å². The van der Waals surface area contributed by atoms with Crippen molar-refractivity contribution in [2.75, 3.05) is 6.54 Å². The summed E-state index contributed by atoms with van der Waals surface area (Å²) >= 11 is 3.08. The Morgan fingerprint density at radius 1 is 1.62 bits per heavy atom. The number of carbonyl (C=O) groups excluding carboxylic acids is 1. The Morgan fingerprint density at radius 3 is 3.19 bits per heavy atom. The van der Waals surface area contributed by atoms with Crippen LogP contribution in [0.2, 0.25) is 0 Å². The first kappa shape index (κ1) is 14.7. The number of thiazole rings is 1. The number of nitrogens with zero attached hydrogens (tertiary/aromatic N) is 2. The minimum Gasteiger partial charge on any atom is -0.393 e. The number of aliphatic hydroxyl groups is 1. The number of likely N-dealkylation sites (tertiary alicyclic amines) is 1. The quantitative estimate of drug-likeness (QED) is 0.940. The molecule has 1 saturated heterocycles.